The Morgan fingerprint density at radius 3 is 1.00 bits per heavy atom. The van der Waals surface area contributed by atoms with E-state index < -0.39 is 0 Å². The quantitative estimate of drug-likeness (QED) is 0.161. The molecule has 1 aliphatic heterocycles. The Morgan fingerprint density at radius 1 is 0.375 bits per heavy atom. The van der Waals surface area contributed by atoms with Gasteiger partial charge in [0.25, 0.3) is 0 Å². The zero-order valence-electron chi connectivity index (χ0n) is 29.2. The van der Waals surface area contributed by atoms with E-state index in [1.54, 1.807) is 43.3 Å². The molecule has 1 heterocycles. The van der Waals surface area contributed by atoms with Crippen molar-refractivity contribution >= 4 is 0 Å². The molecule has 0 N–H and O–H groups in total. The summed E-state index contributed by atoms with van der Waals surface area (Å²) in [6, 6.07) is 43.4. The molecule has 0 unspecified atom stereocenters. The Kier molecular flexibility index (Phi) is 26.3. The van der Waals surface area contributed by atoms with Crippen molar-refractivity contribution in [3.05, 3.63) is 180 Å². The highest BCUT2D eigenvalue weighted by Crippen LogP contribution is 2.15. The van der Waals surface area contributed by atoms with Crippen molar-refractivity contribution in [2.24, 2.45) is 0 Å². The van der Waals surface area contributed by atoms with E-state index in [2.05, 4.69) is 19.1 Å². The van der Waals surface area contributed by atoms with Crippen LogP contribution >= 0.6 is 0 Å². The molecule has 5 aromatic rings. The monoisotopic (exact) mass is 656 g/mol. The average Bonchev–Trinajstić information content (AvgIpc) is 3.14. The van der Waals surface area contributed by atoms with Crippen LogP contribution in [0.1, 0.15) is 74.5 Å². The normalized spacial score (nSPS) is 12.6. The number of hydrogen-bond donors (Lipinski definition) is 0. The standard InChI is InChI=1S/2C7H7F.C7H8.C6H5F.C6H12.C6H6.C5H10O/c1-6-3-2-4-7(8)5-6;1-6-4-2-3-5-7(6)8;1-7-5-3-2-4-6-7;7-6-4-2-1-3-5-6;3*1-2-4-6-5-3-1/h2*2-5H,1H3;2-6H,1H3;1-5H;1-6H2;1-6H;1-5H2. The predicted molar refractivity (Wildman–Crippen MR) is 199 cm³/mol. The van der Waals surface area contributed by atoms with Crippen LogP contribution in [0.4, 0.5) is 13.2 Å². The number of halogens is 3. The summed E-state index contributed by atoms with van der Waals surface area (Å²) in [4.78, 5) is 0. The molecule has 0 aromatic heterocycles. The van der Waals surface area contributed by atoms with Gasteiger partial charge in [-0.05, 0) is 81.5 Å². The fraction of sp³-hybridized carbons (Fsp3) is 0.318. The third-order valence-electron chi connectivity index (χ3n) is 6.97. The van der Waals surface area contributed by atoms with Gasteiger partial charge in [-0.3, -0.25) is 0 Å². The van der Waals surface area contributed by atoms with Crippen LogP contribution in [-0.2, 0) is 4.74 Å². The number of ether oxygens (including phenoxy) is 1. The van der Waals surface area contributed by atoms with Crippen LogP contribution in [-0.4, -0.2) is 13.2 Å². The van der Waals surface area contributed by atoms with Crippen LogP contribution in [0.5, 0.6) is 0 Å². The van der Waals surface area contributed by atoms with E-state index in [1.807, 2.05) is 73.7 Å². The molecule has 2 aliphatic rings. The second kappa shape index (κ2) is 30.2. The fourth-order valence-corrected chi connectivity index (χ4v) is 4.24. The minimum absolute atomic E-state index is 0.132. The lowest BCUT2D eigenvalue weighted by molar-refractivity contribution is 0.0968. The lowest BCUT2D eigenvalue weighted by Crippen LogP contribution is -2.03. The molecule has 48 heavy (non-hydrogen) atoms. The van der Waals surface area contributed by atoms with Crippen molar-refractivity contribution in [2.45, 2.75) is 78.6 Å². The summed E-state index contributed by atoms with van der Waals surface area (Å²) in [5.74, 6) is -0.472. The van der Waals surface area contributed by atoms with Crippen molar-refractivity contribution < 1.29 is 17.9 Å². The van der Waals surface area contributed by atoms with E-state index in [1.165, 1.54) is 93.7 Å². The number of benzene rings is 5. The molecule has 0 spiro atoms. The van der Waals surface area contributed by atoms with Crippen LogP contribution in [0.3, 0.4) is 0 Å². The molecular formula is C44H55F3O. The number of rotatable bonds is 0. The second-order valence-electron chi connectivity index (χ2n) is 11.4. The van der Waals surface area contributed by atoms with Crippen LogP contribution < -0.4 is 0 Å². The number of aryl methyl sites for hydroxylation is 3. The van der Waals surface area contributed by atoms with E-state index in [0.29, 0.717) is 5.56 Å². The summed E-state index contributed by atoms with van der Waals surface area (Å²) in [6.45, 7) is 7.69. The predicted octanol–water partition coefficient (Wildman–Crippen LogP) is 13.3. The minimum Gasteiger partial charge on any atom is -0.381 e. The van der Waals surface area contributed by atoms with Gasteiger partial charge >= 0.3 is 0 Å². The van der Waals surface area contributed by atoms with Gasteiger partial charge in [-0.15, -0.1) is 0 Å². The van der Waals surface area contributed by atoms with Crippen LogP contribution in [0.2, 0.25) is 0 Å². The molecule has 4 heteroatoms. The molecule has 1 nitrogen and oxygen atoms in total. The molecule has 1 aliphatic carbocycles. The van der Waals surface area contributed by atoms with Crippen molar-refractivity contribution in [1.82, 2.24) is 0 Å². The van der Waals surface area contributed by atoms with Gasteiger partial charge in [0.05, 0.1) is 0 Å². The summed E-state index contributed by atoms with van der Waals surface area (Å²) in [7, 11) is 0. The SMILES string of the molecule is C1CCCCC1.C1CCOCC1.Cc1cccc(F)c1.Cc1ccccc1.Cc1ccccc1F.Fc1ccccc1.c1ccccc1. The lowest BCUT2D eigenvalue weighted by Gasteiger charge is -2.08. The lowest BCUT2D eigenvalue weighted by atomic mass is 10.0. The highest BCUT2D eigenvalue weighted by molar-refractivity contribution is 5.15. The summed E-state index contributed by atoms with van der Waals surface area (Å²) in [5, 5.41) is 0. The van der Waals surface area contributed by atoms with Gasteiger partial charge in [-0.2, -0.15) is 0 Å². The van der Waals surface area contributed by atoms with E-state index >= 15 is 0 Å². The van der Waals surface area contributed by atoms with Gasteiger partial charge in [0.1, 0.15) is 17.5 Å². The molecule has 258 valence electrons. The number of hydrogen-bond acceptors (Lipinski definition) is 1. The van der Waals surface area contributed by atoms with Crippen molar-refractivity contribution in [3.63, 3.8) is 0 Å². The smallest absolute Gasteiger partial charge is 0.126 e. The molecule has 7 rings (SSSR count). The maximum Gasteiger partial charge on any atom is 0.126 e. The molecular weight excluding hydrogens is 601 g/mol. The molecule has 5 aromatic carbocycles. The summed E-state index contributed by atoms with van der Waals surface area (Å²) in [5.41, 5.74) is 2.99. The minimum atomic E-state index is -0.178. The van der Waals surface area contributed by atoms with E-state index in [0.717, 1.165) is 18.8 Å². The molecule has 0 atom stereocenters. The maximum atomic E-state index is 12.3. The summed E-state index contributed by atoms with van der Waals surface area (Å²) < 4.78 is 41.5. The molecule has 1 saturated heterocycles. The van der Waals surface area contributed by atoms with Crippen LogP contribution in [0.25, 0.3) is 0 Å². The second-order valence-corrected chi connectivity index (χ2v) is 11.4. The molecule has 0 radical (unpaired) electrons. The zero-order valence-corrected chi connectivity index (χ0v) is 29.2. The Labute approximate surface area is 288 Å². The molecule has 2 fully saturated rings. The first kappa shape index (κ1) is 41.9. The van der Waals surface area contributed by atoms with E-state index in [9.17, 15) is 13.2 Å². The Bertz CT molecular complexity index is 1230. The Hall–Kier alpha value is -4.15. The highest BCUT2D eigenvalue weighted by atomic mass is 19.1. The topological polar surface area (TPSA) is 9.23 Å². The zero-order chi connectivity index (χ0) is 34.9. The Morgan fingerprint density at radius 2 is 0.750 bits per heavy atom. The van der Waals surface area contributed by atoms with E-state index in [-0.39, 0.29) is 17.5 Å². The van der Waals surface area contributed by atoms with Crippen molar-refractivity contribution in [3.8, 4) is 0 Å². The largest absolute Gasteiger partial charge is 0.381 e. The third kappa shape index (κ3) is 27.0. The molecule has 0 amide bonds. The highest BCUT2D eigenvalue weighted by Gasteiger charge is 1.96. The Balaban J connectivity index is 0.000000281. The van der Waals surface area contributed by atoms with Gasteiger partial charge < -0.3 is 4.74 Å². The molecule has 0 bridgehead atoms. The van der Waals surface area contributed by atoms with Crippen molar-refractivity contribution in [2.75, 3.05) is 13.2 Å². The summed E-state index contributed by atoms with van der Waals surface area (Å²) in [6.07, 6.45) is 12.9. The van der Waals surface area contributed by atoms with Crippen LogP contribution in [0, 0.1) is 38.2 Å². The first-order valence-corrected chi connectivity index (χ1v) is 17.1. The third-order valence-corrected chi connectivity index (χ3v) is 6.97. The average molecular weight is 657 g/mol. The fourth-order valence-electron chi connectivity index (χ4n) is 4.24. The van der Waals surface area contributed by atoms with Gasteiger partial charge in [-0.1, -0.05) is 159 Å². The summed E-state index contributed by atoms with van der Waals surface area (Å²) >= 11 is 0. The first-order valence-electron chi connectivity index (χ1n) is 17.1. The van der Waals surface area contributed by atoms with Crippen LogP contribution in [0.15, 0.2) is 146 Å². The first-order chi connectivity index (χ1) is 23.4. The maximum absolute atomic E-state index is 12.3. The van der Waals surface area contributed by atoms with Gasteiger partial charge in [0, 0.05) is 13.2 Å². The van der Waals surface area contributed by atoms with E-state index in [4.69, 9.17) is 4.74 Å². The van der Waals surface area contributed by atoms with Crippen molar-refractivity contribution in [1.29, 1.82) is 0 Å². The molecule has 1 saturated carbocycles. The van der Waals surface area contributed by atoms with Gasteiger partial charge in [-0.25, -0.2) is 13.2 Å². The van der Waals surface area contributed by atoms with Gasteiger partial charge in [0.2, 0.25) is 0 Å². The van der Waals surface area contributed by atoms with Gasteiger partial charge in [0.15, 0.2) is 0 Å².